The molecule has 0 aromatic heterocycles. The fourth-order valence-corrected chi connectivity index (χ4v) is 2.86. The van der Waals surface area contributed by atoms with Gasteiger partial charge in [0.05, 0.1) is 6.61 Å². The Morgan fingerprint density at radius 1 is 0.821 bits per heavy atom. The summed E-state index contributed by atoms with van der Waals surface area (Å²) in [6.07, 6.45) is -3.22. The van der Waals surface area contributed by atoms with Crippen molar-refractivity contribution in [2.45, 2.75) is 30.7 Å². The lowest BCUT2D eigenvalue weighted by Crippen LogP contribution is -2.60. The molecule has 0 radical (unpaired) electrons. The molecule has 0 spiro atoms. The van der Waals surface area contributed by atoms with Crippen LogP contribution in [0.15, 0.2) is 42.5 Å². The van der Waals surface area contributed by atoms with E-state index in [1.165, 1.54) is 18.2 Å². The molecule has 1 unspecified atom stereocenters. The third-order valence-corrected chi connectivity index (χ3v) is 4.37. The van der Waals surface area contributed by atoms with Gasteiger partial charge in [-0.1, -0.05) is 24.3 Å². The first kappa shape index (κ1) is 20.1. The molecule has 1 fully saturated rings. The first-order chi connectivity index (χ1) is 13.4. The van der Waals surface area contributed by atoms with Crippen LogP contribution in [0, 0.1) is 0 Å². The minimum atomic E-state index is -1.50. The number of hydrogen-bond donors (Lipinski definition) is 6. The summed E-state index contributed by atoms with van der Waals surface area (Å²) in [7, 11) is 0. The van der Waals surface area contributed by atoms with Crippen LogP contribution in [0.2, 0.25) is 0 Å². The molecule has 5 atom stereocenters. The predicted octanol–water partition coefficient (Wildman–Crippen LogP) is 0.447. The second-order valence-corrected chi connectivity index (χ2v) is 6.50. The number of rotatable bonds is 5. The smallest absolute Gasteiger partial charge is 0.229 e. The van der Waals surface area contributed by atoms with Gasteiger partial charge < -0.3 is 40.1 Å². The molecule has 8 nitrogen and oxygen atoms in total. The Morgan fingerprint density at radius 3 is 2.04 bits per heavy atom. The summed E-state index contributed by atoms with van der Waals surface area (Å²) in [6, 6.07) is 11.0. The van der Waals surface area contributed by atoms with Gasteiger partial charge in [0.2, 0.25) is 6.29 Å². The van der Waals surface area contributed by atoms with Gasteiger partial charge in [0, 0.05) is 6.07 Å². The number of phenols is 2. The van der Waals surface area contributed by atoms with Gasteiger partial charge >= 0.3 is 0 Å². The minimum absolute atomic E-state index is 0.0390. The maximum Gasteiger partial charge on any atom is 0.229 e. The van der Waals surface area contributed by atoms with E-state index in [1.807, 2.05) is 0 Å². The molecule has 2 aromatic rings. The summed E-state index contributed by atoms with van der Waals surface area (Å²) in [5, 5.41) is 57.7. The maximum atomic E-state index is 10.00. The Hall–Kier alpha value is -2.62. The van der Waals surface area contributed by atoms with Crippen LogP contribution in [-0.2, 0) is 4.74 Å². The van der Waals surface area contributed by atoms with Crippen LogP contribution in [0.5, 0.6) is 17.2 Å². The summed E-state index contributed by atoms with van der Waals surface area (Å²) in [6.45, 7) is -0.529. The largest absolute Gasteiger partial charge is 0.508 e. The number of hydrogen-bond acceptors (Lipinski definition) is 8. The Balaban J connectivity index is 1.66. The normalized spacial score (nSPS) is 27.8. The molecule has 1 heterocycles. The first-order valence-electron chi connectivity index (χ1n) is 8.65. The molecular weight excluding hydrogens is 368 g/mol. The zero-order chi connectivity index (χ0) is 20.3. The molecule has 0 aliphatic carbocycles. The van der Waals surface area contributed by atoms with E-state index in [4.69, 9.17) is 9.47 Å². The van der Waals surface area contributed by atoms with Crippen molar-refractivity contribution in [3.05, 3.63) is 53.6 Å². The molecule has 2 aromatic carbocycles. The van der Waals surface area contributed by atoms with E-state index >= 15 is 0 Å². The predicted molar refractivity (Wildman–Crippen MR) is 99.5 cm³/mol. The molecular formula is C20H22O8. The van der Waals surface area contributed by atoms with Gasteiger partial charge in [0.1, 0.15) is 41.7 Å². The summed E-state index contributed by atoms with van der Waals surface area (Å²) in [5.74, 6) is 0.280. The maximum absolute atomic E-state index is 10.00. The monoisotopic (exact) mass is 390 g/mol. The molecule has 1 aliphatic heterocycles. The highest BCUT2D eigenvalue weighted by Crippen LogP contribution is 2.25. The lowest BCUT2D eigenvalue weighted by atomic mass is 9.99. The molecule has 0 saturated carbocycles. The third kappa shape index (κ3) is 4.61. The fraction of sp³-hybridized carbons (Fsp3) is 0.300. The van der Waals surface area contributed by atoms with E-state index in [-0.39, 0.29) is 11.5 Å². The topological polar surface area (TPSA) is 140 Å². The second kappa shape index (κ2) is 8.59. The van der Waals surface area contributed by atoms with Crippen molar-refractivity contribution < 1.29 is 40.1 Å². The van der Waals surface area contributed by atoms with Crippen LogP contribution in [-0.4, -0.2) is 68.0 Å². The highest BCUT2D eigenvalue weighted by Gasteiger charge is 2.44. The van der Waals surface area contributed by atoms with E-state index in [9.17, 15) is 30.6 Å². The summed E-state index contributed by atoms with van der Waals surface area (Å²) in [4.78, 5) is 0. The zero-order valence-electron chi connectivity index (χ0n) is 14.8. The quantitative estimate of drug-likeness (QED) is 0.405. The molecule has 28 heavy (non-hydrogen) atoms. The lowest BCUT2D eigenvalue weighted by molar-refractivity contribution is -0.277. The standard InChI is InChI=1S/C20H22O8/c21-10-16-17(24)18(25)19(26)20(28-16)27-15-5-3-11(4-6-15)1-2-12-7-13(22)9-14(23)8-12/h1-9,16-26H,10H2/t16-,17-,18+,19-,20?/m1/s1. The van der Waals surface area contributed by atoms with E-state index in [0.717, 1.165) is 5.56 Å². The molecule has 8 heteroatoms. The number of aliphatic hydroxyl groups is 4. The Bertz CT molecular complexity index is 797. The van der Waals surface area contributed by atoms with Gasteiger partial charge in [-0.3, -0.25) is 0 Å². The molecule has 3 rings (SSSR count). The molecule has 0 amide bonds. The van der Waals surface area contributed by atoms with Crippen molar-refractivity contribution >= 4 is 12.2 Å². The Morgan fingerprint density at radius 2 is 1.43 bits per heavy atom. The van der Waals surface area contributed by atoms with E-state index < -0.39 is 37.3 Å². The molecule has 0 bridgehead atoms. The van der Waals surface area contributed by atoms with Crippen molar-refractivity contribution in [1.82, 2.24) is 0 Å². The minimum Gasteiger partial charge on any atom is -0.508 e. The van der Waals surface area contributed by atoms with Gasteiger partial charge in [-0.2, -0.15) is 0 Å². The van der Waals surface area contributed by atoms with Gasteiger partial charge in [-0.15, -0.1) is 0 Å². The summed E-state index contributed by atoms with van der Waals surface area (Å²) < 4.78 is 10.8. The molecule has 1 aliphatic rings. The highest BCUT2D eigenvalue weighted by atomic mass is 16.7. The van der Waals surface area contributed by atoms with Crippen LogP contribution in [0.4, 0.5) is 0 Å². The highest BCUT2D eigenvalue weighted by molar-refractivity contribution is 5.71. The van der Waals surface area contributed by atoms with Crippen molar-refractivity contribution in [3.63, 3.8) is 0 Å². The van der Waals surface area contributed by atoms with E-state index in [0.29, 0.717) is 11.3 Å². The zero-order valence-corrected chi connectivity index (χ0v) is 14.8. The van der Waals surface area contributed by atoms with Crippen molar-refractivity contribution in [2.24, 2.45) is 0 Å². The fourth-order valence-electron chi connectivity index (χ4n) is 2.86. The van der Waals surface area contributed by atoms with Gasteiger partial charge in [-0.25, -0.2) is 0 Å². The molecule has 6 N–H and O–H groups in total. The van der Waals surface area contributed by atoms with Crippen LogP contribution in [0.25, 0.3) is 12.2 Å². The number of aromatic hydroxyl groups is 2. The van der Waals surface area contributed by atoms with Gasteiger partial charge in [0.15, 0.2) is 0 Å². The third-order valence-electron chi connectivity index (χ3n) is 4.37. The van der Waals surface area contributed by atoms with Crippen LogP contribution in [0.1, 0.15) is 11.1 Å². The number of benzene rings is 2. The number of ether oxygens (including phenoxy) is 2. The van der Waals surface area contributed by atoms with Crippen LogP contribution >= 0.6 is 0 Å². The second-order valence-electron chi connectivity index (χ2n) is 6.50. The van der Waals surface area contributed by atoms with Gasteiger partial charge in [-0.05, 0) is 35.4 Å². The summed E-state index contributed by atoms with van der Waals surface area (Å²) in [5.41, 5.74) is 1.43. The Labute approximate surface area is 161 Å². The molecule has 150 valence electrons. The summed E-state index contributed by atoms with van der Waals surface area (Å²) >= 11 is 0. The first-order valence-corrected chi connectivity index (χ1v) is 8.65. The van der Waals surface area contributed by atoms with E-state index in [1.54, 1.807) is 36.4 Å². The number of aliphatic hydroxyl groups excluding tert-OH is 4. The number of phenolic OH excluding ortho intramolecular Hbond substituents is 2. The average Bonchev–Trinajstić information content (AvgIpc) is 2.67. The van der Waals surface area contributed by atoms with Crippen molar-refractivity contribution in [3.8, 4) is 17.2 Å². The van der Waals surface area contributed by atoms with Crippen LogP contribution < -0.4 is 4.74 Å². The van der Waals surface area contributed by atoms with Crippen molar-refractivity contribution in [2.75, 3.05) is 6.61 Å². The van der Waals surface area contributed by atoms with Crippen LogP contribution in [0.3, 0.4) is 0 Å². The van der Waals surface area contributed by atoms with E-state index in [2.05, 4.69) is 0 Å². The SMILES string of the molecule is OC[C@H]1OC(Oc2ccc(C=Cc3cc(O)cc(O)c3)cc2)[C@H](O)[C@@H](O)[C@@H]1O. The molecule has 1 saturated heterocycles. The van der Waals surface area contributed by atoms with Gasteiger partial charge in [0.25, 0.3) is 0 Å². The Kier molecular flexibility index (Phi) is 6.18. The van der Waals surface area contributed by atoms with Crippen molar-refractivity contribution in [1.29, 1.82) is 0 Å². The lowest BCUT2D eigenvalue weighted by Gasteiger charge is -2.39. The average molecular weight is 390 g/mol.